The van der Waals surface area contributed by atoms with Crippen LogP contribution in [-0.2, 0) is 10.5 Å². The van der Waals surface area contributed by atoms with Crippen LogP contribution in [0.1, 0.15) is 11.1 Å². The number of aryl methyl sites for hydroxylation is 1. The molecule has 25 heavy (non-hydrogen) atoms. The number of amides is 1. The fourth-order valence-electron chi connectivity index (χ4n) is 2.19. The van der Waals surface area contributed by atoms with E-state index in [0.29, 0.717) is 38.7 Å². The van der Waals surface area contributed by atoms with E-state index in [9.17, 15) is 4.79 Å². The molecule has 2 rings (SSSR count). The third-order valence-electron chi connectivity index (χ3n) is 3.49. The summed E-state index contributed by atoms with van der Waals surface area (Å²) in [5, 5.41) is 3.94. The van der Waals surface area contributed by atoms with E-state index in [2.05, 4.69) is 5.32 Å². The lowest BCUT2D eigenvalue weighted by molar-refractivity contribution is -0.113. The second-order valence-electron chi connectivity index (χ2n) is 5.31. The van der Waals surface area contributed by atoms with Crippen LogP contribution in [0.25, 0.3) is 0 Å². The van der Waals surface area contributed by atoms with Crippen molar-refractivity contribution >= 4 is 46.6 Å². The molecule has 1 amide bonds. The molecule has 0 saturated heterocycles. The Balaban J connectivity index is 1.92. The molecule has 0 bridgehead atoms. The minimum atomic E-state index is -0.0830. The van der Waals surface area contributed by atoms with Crippen LogP contribution in [0.15, 0.2) is 30.3 Å². The maximum atomic E-state index is 12.2. The third-order valence-corrected chi connectivity index (χ3v) is 5.23. The maximum absolute atomic E-state index is 12.2. The van der Waals surface area contributed by atoms with Crippen LogP contribution < -0.4 is 14.8 Å². The summed E-state index contributed by atoms with van der Waals surface area (Å²) in [5.41, 5.74) is 2.63. The molecule has 0 atom stereocenters. The molecule has 0 aliphatic rings. The van der Waals surface area contributed by atoms with Gasteiger partial charge in [-0.1, -0.05) is 29.3 Å². The van der Waals surface area contributed by atoms with Gasteiger partial charge in [0.2, 0.25) is 5.91 Å². The number of ether oxygens (including phenoxy) is 2. The lowest BCUT2D eigenvalue weighted by Gasteiger charge is -2.13. The zero-order valence-electron chi connectivity index (χ0n) is 14.2. The molecule has 2 aromatic rings. The highest BCUT2D eigenvalue weighted by molar-refractivity contribution is 7.99. The Hall–Kier alpha value is -1.56. The van der Waals surface area contributed by atoms with Gasteiger partial charge in [0.05, 0.1) is 30.0 Å². The highest BCUT2D eigenvalue weighted by Gasteiger charge is 2.11. The van der Waals surface area contributed by atoms with Crippen molar-refractivity contribution in [2.24, 2.45) is 0 Å². The fraction of sp³-hybridized carbons (Fsp3) is 0.278. The molecule has 0 saturated carbocycles. The number of thioether (sulfide) groups is 1. The molecule has 2 aromatic carbocycles. The molecule has 0 aliphatic heterocycles. The Morgan fingerprint density at radius 2 is 1.76 bits per heavy atom. The monoisotopic (exact) mass is 399 g/mol. The van der Waals surface area contributed by atoms with Crippen LogP contribution in [0, 0.1) is 6.92 Å². The second-order valence-corrected chi connectivity index (χ2v) is 7.11. The molecule has 0 fully saturated rings. The number of benzene rings is 2. The van der Waals surface area contributed by atoms with Crippen molar-refractivity contribution in [3.8, 4) is 11.5 Å². The topological polar surface area (TPSA) is 47.6 Å². The van der Waals surface area contributed by atoms with Crippen molar-refractivity contribution in [2.75, 3.05) is 25.3 Å². The van der Waals surface area contributed by atoms with E-state index in [1.807, 2.05) is 25.1 Å². The molecule has 134 valence electrons. The molecule has 7 heteroatoms. The molecule has 0 unspecified atom stereocenters. The Bertz CT molecular complexity index is 768. The maximum Gasteiger partial charge on any atom is 0.234 e. The average molecular weight is 400 g/mol. The summed E-state index contributed by atoms with van der Waals surface area (Å²) in [6, 6.07) is 9.06. The second kappa shape index (κ2) is 9.22. The summed E-state index contributed by atoms with van der Waals surface area (Å²) in [5.74, 6) is 2.13. The molecule has 4 nitrogen and oxygen atoms in total. The molecule has 0 spiro atoms. The number of nitrogens with one attached hydrogen (secondary N) is 1. The van der Waals surface area contributed by atoms with Gasteiger partial charge in [-0.3, -0.25) is 4.79 Å². The number of methoxy groups -OCH3 is 2. The smallest absolute Gasteiger partial charge is 0.234 e. The van der Waals surface area contributed by atoms with Gasteiger partial charge in [-0.25, -0.2) is 0 Å². The van der Waals surface area contributed by atoms with Gasteiger partial charge < -0.3 is 14.8 Å². The van der Waals surface area contributed by atoms with E-state index >= 15 is 0 Å². The van der Waals surface area contributed by atoms with Crippen LogP contribution in [0.5, 0.6) is 11.5 Å². The van der Waals surface area contributed by atoms with Gasteiger partial charge in [0.15, 0.2) is 11.5 Å². The van der Waals surface area contributed by atoms with E-state index in [1.54, 1.807) is 26.4 Å². The summed E-state index contributed by atoms with van der Waals surface area (Å²) in [4.78, 5) is 12.2. The molecule has 1 N–H and O–H groups in total. The van der Waals surface area contributed by atoms with Crippen molar-refractivity contribution in [1.29, 1.82) is 0 Å². The Morgan fingerprint density at radius 3 is 2.40 bits per heavy atom. The number of hydrogen-bond donors (Lipinski definition) is 1. The zero-order chi connectivity index (χ0) is 18.4. The predicted molar refractivity (Wildman–Crippen MR) is 106 cm³/mol. The summed E-state index contributed by atoms with van der Waals surface area (Å²) < 4.78 is 10.5. The average Bonchev–Trinajstić information content (AvgIpc) is 2.59. The van der Waals surface area contributed by atoms with E-state index in [4.69, 9.17) is 32.7 Å². The Morgan fingerprint density at radius 1 is 1.08 bits per heavy atom. The van der Waals surface area contributed by atoms with Crippen LogP contribution >= 0.6 is 35.0 Å². The van der Waals surface area contributed by atoms with E-state index in [0.717, 1.165) is 11.1 Å². The molecule has 0 heterocycles. The molecule has 0 aliphatic carbocycles. The normalized spacial score (nSPS) is 10.4. The van der Waals surface area contributed by atoms with Gasteiger partial charge in [-0.05, 0) is 36.2 Å². The van der Waals surface area contributed by atoms with Crippen molar-refractivity contribution in [1.82, 2.24) is 0 Å². The predicted octanol–water partition coefficient (Wildman–Crippen LogP) is 5.19. The summed E-state index contributed by atoms with van der Waals surface area (Å²) in [7, 11) is 3.14. The lowest BCUT2D eigenvalue weighted by atomic mass is 10.1. The number of carbonyl (C=O) groups is 1. The molecular weight excluding hydrogens is 381 g/mol. The number of rotatable bonds is 7. The SMILES string of the molecule is COc1cc(C)c(NC(=O)CSCc2ccc(Cl)c(Cl)c2)cc1OC. The van der Waals surface area contributed by atoms with Crippen LogP contribution in [0.3, 0.4) is 0 Å². The first-order valence-corrected chi connectivity index (χ1v) is 9.39. The van der Waals surface area contributed by atoms with Gasteiger partial charge in [0.1, 0.15) is 0 Å². The minimum Gasteiger partial charge on any atom is -0.493 e. The van der Waals surface area contributed by atoms with Crippen LogP contribution in [-0.4, -0.2) is 25.9 Å². The first kappa shape index (κ1) is 19.8. The molecule has 0 radical (unpaired) electrons. The first-order chi connectivity index (χ1) is 11.9. The van der Waals surface area contributed by atoms with Crippen molar-refractivity contribution < 1.29 is 14.3 Å². The molecule has 0 aromatic heterocycles. The van der Waals surface area contributed by atoms with Crippen LogP contribution in [0.4, 0.5) is 5.69 Å². The van der Waals surface area contributed by atoms with Gasteiger partial charge in [0.25, 0.3) is 0 Å². The number of halogens is 2. The molecular formula is C18H19Cl2NO3S. The summed E-state index contributed by atoms with van der Waals surface area (Å²) in [6.07, 6.45) is 0. The fourth-order valence-corrected chi connectivity index (χ4v) is 3.29. The highest BCUT2D eigenvalue weighted by Crippen LogP contribution is 2.33. The number of carbonyl (C=O) groups excluding carboxylic acids is 1. The Labute approximate surface area is 161 Å². The van der Waals surface area contributed by atoms with E-state index < -0.39 is 0 Å². The largest absolute Gasteiger partial charge is 0.493 e. The van der Waals surface area contributed by atoms with Crippen LogP contribution in [0.2, 0.25) is 10.0 Å². The number of anilines is 1. The van der Waals surface area contributed by atoms with Crippen molar-refractivity contribution in [3.63, 3.8) is 0 Å². The quantitative estimate of drug-likeness (QED) is 0.695. The lowest BCUT2D eigenvalue weighted by Crippen LogP contribution is -2.15. The third kappa shape index (κ3) is 5.46. The summed E-state index contributed by atoms with van der Waals surface area (Å²) >= 11 is 13.4. The van der Waals surface area contributed by atoms with Gasteiger partial charge in [-0.15, -0.1) is 11.8 Å². The van der Waals surface area contributed by atoms with E-state index in [-0.39, 0.29) is 5.91 Å². The minimum absolute atomic E-state index is 0.0830. The van der Waals surface area contributed by atoms with E-state index in [1.165, 1.54) is 11.8 Å². The van der Waals surface area contributed by atoms with Gasteiger partial charge in [-0.2, -0.15) is 0 Å². The van der Waals surface area contributed by atoms with Crippen molar-refractivity contribution in [3.05, 3.63) is 51.5 Å². The Kier molecular flexibility index (Phi) is 7.29. The first-order valence-electron chi connectivity index (χ1n) is 7.48. The highest BCUT2D eigenvalue weighted by atomic mass is 35.5. The zero-order valence-corrected chi connectivity index (χ0v) is 16.5. The summed E-state index contributed by atoms with van der Waals surface area (Å²) in [6.45, 7) is 1.90. The van der Waals surface area contributed by atoms with Gasteiger partial charge in [0, 0.05) is 17.5 Å². The standard InChI is InChI=1S/C18H19Cl2NO3S/c1-11-6-16(23-2)17(24-3)8-15(11)21-18(22)10-25-9-12-4-5-13(19)14(20)7-12/h4-8H,9-10H2,1-3H3,(H,21,22). The number of hydrogen-bond acceptors (Lipinski definition) is 4. The van der Waals surface area contributed by atoms with Gasteiger partial charge >= 0.3 is 0 Å². The van der Waals surface area contributed by atoms with Crippen molar-refractivity contribution in [2.45, 2.75) is 12.7 Å².